The van der Waals surface area contributed by atoms with Crippen LogP contribution in [0.4, 0.5) is 5.69 Å². The van der Waals surface area contributed by atoms with E-state index in [4.69, 9.17) is 16.9 Å². The zero-order valence-corrected chi connectivity index (χ0v) is 15.0. The lowest BCUT2D eigenvalue weighted by atomic mass is 10.2. The first-order valence-electron chi connectivity index (χ1n) is 7.29. The van der Waals surface area contributed by atoms with Gasteiger partial charge in [0.15, 0.2) is 0 Å². The lowest BCUT2D eigenvalue weighted by Crippen LogP contribution is -2.40. The van der Waals surface area contributed by atoms with Crippen LogP contribution in [0, 0.1) is 11.3 Å². The largest absolute Gasteiger partial charge is 0.350 e. The van der Waals surface area contributed by atoms with Crippen molar-refractivity contribution in [1.82, 2.24) is 5.32 Å². The number of carbonyl (C=O) groups excluding carboxylic acids is 1. The van der Waals surface area contributed by atoms with E-state index >= 15 is 0 Å². The summed E-state index contributed by atoms with van der Waals surface area (Å²) in [5.74, 6) is -0.479. The van der Waals surface area contributed by atoms with Gasteiger partial charge in [0.05, 0.1) is 23.6 Å². The molecule has 0 bridgehead atoms. The lowest BCUT2D eigenvalue weighted by Gasteiger charge is -2.22. The van der Waals surface area contributed by atoms with Crippen molar-refractivity contribution >= 4 is 33.2 Å². The number of hydrogen-bond donors (Lipinski definition) is 1. The molecule has 0 aromatic heterocycles. The third kappa shape index (κ3) is 5.21. The van der Waals surface area contributed by atoms with E-state index < -0.39 is 22.5 Å². The highest BCUT2D eigenvalue weighted by molar-refractivity contribution is 7.92. The topological polar surface area (TPSA) is 90.3 Å². The van der Waals surface area contributed by atoms with Crippen LogP contribution >= 0.6 is 11.6 Å². The third-order valence-corrected chi connectivity index (χ3v) is 4.89. The summed E-state index contributed by atoms with van der Waals surface area (Å²) in [6.07, 6.45) is 1.01. The van der Waals surface area contributed by atoms with Crippen molar-refractivity contribution in [2.24, 2.45) is 0 Å². The van der Waals surface area contributed by atoms with Gasteiger partial charge in [-0.05, 0) is 29.8 Å². The first-order valence-corrected chi connectivity index (χ1v) is 9.52. The number of amides is 1. The summed E-state index contributed by atoms with van der Waals surface area (Å²) in [5, 5.41) is 12.1. The fourth-order valence-corrected chi connectivity index (χ4v) is 3.20. The molecule has 0 radical (unpaired) electrons. The standard InChI is InChI=1S/C17H16ClN3O3S/c1-25(23,24)21(15-7-4-5-13(9-15)10-19)12-17(22)20-11-14-6-2-3-8-16(14)18/h2-9H,11-12H2,1H3,(H,20,22). The summed E-state index contributed by atoms with van der Waals surface area (Å²) in [5.41, 5.74) is 1.30. The Bertz CT molecular complexity index is 923. The van der Waals surface area contributed by atoms with Crippen molar-refractivity contribution in [2.75, 3.05) is 17.1 Å². The molecule has 0 aliphatic rings. The number of sulfonamides is 1. The van der Waals surface area contributed by atoms with Gasteiger partial charge in [-0.1, -0.05) is 35.9 Å². The maximum absolute atomic E-state index is 12.2. The molecule has 0 spiro atoms. The van der Waals surface area contributed by atoms with E-state index in [1.54, 1.807) is 36.4 Å². The average Bonchev–Trinajstić information content (AvgIpc) is 2.58. The fraction of sp³-hybridized carbons (Fsp3) is 0.176. The van der Waals surface area contributed by atoms with Gasteiger partial charge >= 0.3 is 0 Å². The fourth-order valence-electron chi connectivity index (χ4n) is 2.15. The van der Waals surface area contributed by atoms with Crippen LogP contribution < -0.4 is 9.62 Å². The molecular weight excluding hydrogens is 362 g/mol. The maximum Gasteiger partial charge on any atom is 0.241 e. The first-order chi connectivity index (χ1) is 11.8. The molecule has 0 saturated heterocycles. The Morgan fingerprint density at radius 2 is 1.96 bits per heavy atom. The molecule has 2 aromatic rings. The highest BCUT2D eigenvalue weighted by Crippen LogP contribution is 2.19. The van der Waals surface area contributed by atoms with Crippen LogP contribution in [0.2, 0.25) is 5.02 Å². The van der Waals surface area contributed by atoms with E-state index in [9.17, 15) is 13.2 Å². The summed E-state index contributed by atoms with van der Waals surface area (Å²) in [4.78, 5) is 12.2. The number of carbonyl (C=O) groups is 1. The highest BCUT2D eigenvalue weighted by atomic mass is 35.5. The molecule has 0 atom stereocenters. The summed E-state index contributed by atoms with van der Waals surface area (Å²) in [7, 11) is -3.69. The lowest BCUT2D eigenvalue weighted by molar-refractivity contribution is -0.119. The van der Waals surface area contributed by atoms with Crippen molar-refractivity contribution < 1.29 is 13.2 Å². The van der Waals surface area contributed by atoms with Crippen LogP contribution in [0.1, 0.15) is 11.1 Å². The number of halogens is 1. The van der Waals surface area contributed by atoms with Crippen molar-refractivity contribution in [3.05, 3.63) is 64.7 Å². The molecule has 130 valence electrons. The van der Waals surface area contributed by atoms with E-state index in [1.165, 1.54) is 12.1 Å². The van der Waals surface area contributed by atoms with Crippen LogP contribution in [0.5, 0.6) is 0 Å². The molecular formula is C17H16ClN3O3S. The zero-order chi connectivity index (χ0) is 18.4. The maximum atomic E-state index is 12.2. The predicted molar refractivity (Wildman–Crippen MR) is 96.6 cm³/mol. The van der Waals surface area contributed by atoms with E-state index in [0.717, 1.165) is 16.1 Å². The van der Waals surface area contributed by atoms with Gasteiger partial charge in [-0.3, -0.25) is 9.10 Å². The molecule has 2 aromatic carbocycles. The molecule has 0 saturated carbocycles. The zero-order valence-electron chi connectivity index (χ0n) is 13.4. The van der Waals surface area contributed by atoms with Crippen molar-refractivity contribution in [1.29, 1.82) is 5.26 Å². The Hall–Kier alpha value is -2.56. The molecule has 25 heavy (non-hydrogen) atoms. The molecule has 0 heterocycles. The van der Waals surface area contributed by atoms with Gasteiger partial charge in [0.2, 0.25) is 15.9 Å². The first kappa shape index (κ1) is 18.8. The van der Waals surface area contributed by atoms with Crippen molar-refractivity contribution in [2.45, 2.75) is 6.54 Å². The molecule has 1 N–H and O–H groups in total. The molecule has 0 unspecified atom stereocenters. The minimum Gasteiger partial charge on any atom is -0.350 e. The molecule has 6 nitrogen and oxygen atoms in total. The van der Waals surface area contributed by atoms with E-state index in [1.807, 2.05) is 6.07 Å². The SMILES string of the molecule is CS(=O)(=O)N(CC(=O)NCc1ccccc1Cl)c1cccc(C#N)c1. The Kier molecular flexibility index (Phi) is 6.02. The summed E-state index contributed by atoms with van der Waals surface area (Å²) in [6.45, 7) is -0.202. The summed E-state index contributed by atoms with van der Waals surface area (Å²) >= 11 is 6.03. The molecule has 8 heteroatoms. The number of hydrogen-bond acceptors (Lipinski definition) is 4. The Morgan fingerprint density at radius 1 is 1.24 bits per heavy atom. The van der Waals surface area contributed by atoms with Gasteiger partial charge in [-0.15, -0.1) is 0 Å². The molecule has 0 aliphatic carbocycles. The van der Waals surface area contributed by atoms with Crippen LogP contribution in [0.3, 0.4) is 0 Å². The van der Waals surface area contributed by atoms with Gasteiger partial charge in [-0.25, -0.2) is 8.42 Å². The van der Waals surface area contributed by atoms with Gasteiger partial charge in [0.25, 0.3) is 0 Å². The van der Waals surface area contributed by atoms with Crippen LogP contribution in [-0.2, 0) is 21.4 Å². The number of anilines is 1. The predicted octanol–water partition coefficient (Wildman–Crippen LogP) is 2.29. The summed E-state index contributed by atoms with van der Waals surface area (Å²) < 4.78 is 25.0. The van der Waals surface area contributed by atoms with Crippen LogP contribution in [0.25, 0.3) is 0 Å². The minimum absolute atomic E-state index is 0.189. The van der Waals surface area contributed by atoms with E-state index in [-0.39, 0.29) is 12.2 Å². The molecule has 0 fully saturated rings. The van der Waals surface area contributed by atoms with Crippen LogP contribution in [0.15, 0.2) is 48.5 Å². The van der Waals surface area contributed by atoms with E-state index in [2.05, 4.69) is 5.32 Å². The average molecular weight is 378 g/mol. The van der Waals surface area contributed by atoms with Crippen molar-refractivity contribution in [3.63, 3.8) is 0 Å². The Labute approximate surface area is 151 Å². The molecule has 1 amide bonds. The minimum atomic E-state index is -3.69. The third-order valence-electron chi connectivity index (χ3n) is 3.38. The van der Waals surface area contributed by atoms with Gasteiger partial charge < -0.3 is 5.32 Å². The Balaban J connectivity index is 2.13. The normalized spacial score (nSPS) is 10.8. The van der Waals surface area contributed by atoms with Crippen LogP contribution in [-0.4, -0.2) is 27.1 Å². The second kappa shape index (κ2) is 8.01. The van der Waals surface area contributed by atoms with Gasteiger partial charge in [0.1, 0.15) is 6.54 Å². The summed E-state index contributed by atoms with van der Waals surface area (Å²) in [6, 6.07) is 15.1. The number of nitrogens with one attached hydrogen (secondary N) is 1. The molecule has 0 aliphatic heterocycles. The number of benzene rings is 2. The second-order valence-corrected chi connectivity index (χ2v) is 7.61. The van der Waals surface area contributed by atoms with Gasteiger partial charge in [-0.2, -0.15) is 5.26 Å². The van der Waals surface area contributed by atoms with Gasteiger partial charge in [0, 0.05) is 11.6 Å². The Morgan fingerprint density at radius 3 is 2.60 bits per heavy atom. The molecule has 2 rings (SSSR count). The quantitative estimate of drug-likeness (QED) is 0.836. The number of nitriles is 1. The number of nitrogens with zero attached hydrogens (tertiary/aromatic N) is 2. The highest BCUT2D eigenvalue weighted by Gasteiger charge is 2.21. The smallest absolute Gasteiger partial charge is 0.241 e. The monoisotopic (exact) mass is 377 g/mol. The van der Waals surface area contributed by atoms with E-state index in [0.29, 0.717) is 10.6 Å². The van der Waals surface area contributed by atoms with Crippen molar-refractivity contribution in [3.8, 4) is 6.07 Å². The second-order valence-electron chi connectivity index (χ2n) is 5.30. The number of rotatable bonds is 6.